The van der Waals surface area contributed by atoms with Crippen molar-refractivity contribution >= 4 is 29.7 Å². The predicted molar refractivity (Wildman–Crippen MR) is 201 cm³/mol. The molecule has 4 rings (SSSR count). The van der Waals surface area contributed by atoms with Crippen LogP contribution in [0.5, 0.6) is 0 Å². The SMILES string of the molecule is Cc1cn(CC(=O)N(c2cccc3c2CCCC3)C(C=Cc2ccccc2)C(=O)NCCCCCCCCNC(=O)OC(C)(C)C)c(=O)[nH]c1=O. The molecule has 0 radical (unpaired) electrons. The molecule has 0 spiro atoms. The predicted octanol–water partition coefficient (Wildman–Crippen LogP) is 5.82. The van der Waals surface area contributed by atoms with Crippen LogP contribution in [0.15, 0.2) is 70.4 Å². The van der Waals surface area contributed by atoms with Crippen molar-refractivity contribution in [2.75, 3.05) is 18.0 Å². The molecule has 3 aromatic rings. The highest BCUT2D eigenvalue weighted by Gasteiger charge is 2.32. The molecule has 11 nitrogen and oxygen atoms in total. The lowest BCUT2D eigenvalue weighted by molar-refractivity contribution is -0.125. The molecule has 1 atom stereocenters. The molecule has 1 aromatic heterocycles. The van der Waals surface area contributed by atoms with Gasteiger partial charge in [-0.3, -0.25) is 28.8 Å². The number of carbonyl (C=O) groups is 3. The van der Waals surface area contributed by atoms with Crippen LogP contribution < -0.4 is 26.8 Å². The minimum Gasteiger partial charge on any atom is -0.444 e. The molecule has 2 aromatic carbocycles. The van der Waals surface area contributed by atoms with Crippen LogP contribution in [0.1, 0.15) is 94.4 Å². The Morgan fingerprint density at radius 2 is 1.57 bits per heavy atom. The quantitative estimate of drug-likeness (QED) is 0.161. The Bertz CT molecular complexity index is 1770. The summed E-state index contributed by atoms with van der Waals surface area (Å²) in [6.45, 7) is 7.75. The minimum atomic E-state index is -0.997. The van der Waals surface area contributed by atoms with Crippen molar-refractivity contribution in [1.82, 2.24) is 20.2 Å². The fourth-order valence-corrected chi connectivity index (χ4v) is 6.22. The van der Waals surface area contributed by atoms with Gasteiger partial charge >= 0.3 is 11.8 Å². The molecule has 1 aliphatic rings. The van der Waals surface area contributed by atoms with Gasteiger partial charge in [0.2, 0.25) is 11.8 Å². The van der Waals surface area contributed by atoms with E-state index in [-0.39, 0.29) is 12.5 Å². The van der Waals surface area contributed by atoms with Gasteiger partial charge in [-0.05, 0) is 89.0 Å². The molecule has 3 N–H and O–H groups in total. The van der Waals surface area contributed by atoms with Crippen LogP contribution in [0.3, 0.4) is 0 Å². The number of ether oxygens (including phenoxy) is 1. The average Bonchev–Trinajstić information content (AvgIpc) is 3.09. The monoisotopic (exact) mass is 699 g/mol. The molecular formula is C40H53N5O6. The van der Waals surface area contributed by atoms with E-state index in [1.807, 2.05) is 69.3 Å². The lowest BCUT2D eigenvalue weighted by Gasteiger charge is -2.33. The Morgan fingerprint density at radius 1 is 0.902 bits per heavy atom. The molecule has 0 fully saturated rings. The summed E-state index contributed by atoms with van der Waals surface area (Å²) in [4.78, 5) is 68.8. The van der Waals surface area contributed by atoms with Gasteiger partial charge in [-0.15, -0.1) is 0 Å². The van der Waals surface area contributed by atoms with E-state index in [1.165, 1.54) is 15.7 Å². The van der Waals surface area contributed by atoms with Gasteiger partial charge in [0.15, 0.2) is 0 Å². The standard InChI is InChI=1S/C40H53N5O6/c1-29-27-44(38(49)43-36(29)47)28-35(46)45(33-22-16-20-31-19-12-13-21-32(31)33)34(24-23-30-17-10-9-11-18-30)37(48)41-25-14-7-5-6-8-15-26-42-39(50)51-40(2,3)4/h9-11,16-18,20,22-24,27,34H,5-8,12-15,19,21,25-26,28H2,1-4H3,(H,41,48)(H,42,50)(H,43,47,49). The summed E-state index contributed by atoms with van der Waals surface area (Å²) < 4.78 is 6.45. The van der Waals surface area contributed by atoms with Gasteiger partial charge in [-0.1, -0.05) is 80.3 Å². The van der Waals surface area contributed by atoms with E-state index in [0.717, 1.165) is 80.9 Å². The summed E-state index contributed by atoms with van der Waals surface area (Å²) in [5.41, 5.74) is 2.33. The van der Waals surface area contributed by atoms with E-state index in [0.29, 0.717) is 24.3 Å². The van der Waals surface area contributed by atoms with Crippen molar-refractivity contribution in [1.29, 1.82) is 0 Å². The molecule has 0 bridgehead atoms. The molecule has 0 aliphatic heterocycles. The first-order valence-corrected chi connectivity index (χ1v) is 18.1. The summed E-state index contributed by atoms with van der Waals surface area (Å²) in [6, 6.07) is 14.5. The number of benzene rings is 2. The van der Waals surface area contributed by atoms with Crippen LogP contribution in [0.2, 0.25) is 0 Å². The first kappa shape index (κ1) is 38.9. The number of nitrogens with one attached hydrogen (secondary N) is 3. The number of carbonyl (C=O) groups excluding carboxylic acids is 3. The Balaban J connectivity index is 1.47. The van der Waals surface area contributed by atoms with Gasteiger partial charge in [-0.2, -0.15) is 0 Å². The largest absolute Gasteiger partial charge is 0.444 e. The van der Waals surface area contributed by atoms with Crippen LogP contribution in [-0.2, 0) is 33.7 Å². The number of rotatable bonds is 16. The van der Waals surface area contributed by atoms with E-state index in [9.17, 15) is 24.0 Å². The molecule has 51 heavy (non-hydrogen) atoms. The number of aromatic nitrogens is 2. The fourth-order valence-electron chi connectivity index (χ4n) is 6.22. The smallest absolute Gasteiger partial charge is 0.407 e. The highest BCUT2D eigenvalue weighted by atomic mass is 16.6. The number of nitrogens with zero attached hydrogens (tertiary/aromatic N) is 2. The number of hydrogen-bond acceptors (Lipinski definition) is 6. The molecule has 274 valence electrons. The Labute approximate surface area is 300 Å². The molecule has 1 heterocycles. The zero-order chi connectivity index (χ0) is 36.8. The maximum Gasteiger partial charge on any atom is 0.407 e. The van der Waals surface area contributed by atoms with E-state index >= 15 is 0 Å². The highest BCUT2D eigenvalue weighted by molar-refractivity contribution is 6.03. The van der Waals surface area contributed by atoms with E-state index in [1.54, 1.807) is 13.0 Å². The summed E-state index contributed by atoms with van der Waals surface area (Å²) in [5.74, 6) is -0.760. The van der Waals surface area contributed by atoms with Crippen LogP contribution in [0, 0.1) is 6.92 Å². The summed E-state index contributed by atoms with van der Waals surface area (Å²) in [6.07, 6.45) is 13.8. The number of aryl methyl sites for hydroxylation is 2. The number of alkyl carbamates (subject to hydrolysis) is 1. The fraction of sp³-hybridized carbons (Fsp3) is 0.475. The first-order valence-electron chi connectivity index (χ1n) is 18.1. The highest BCUT2D eigenvalue weighted by Crippen LogP contribution is 2.32. The first-order chi connectivity index (χ1) is 24.4. The van der Waals surface area contributed by atoms with Gasteiger partial charge in [0.1, 0.15) is 18.2 Å². The van der Waals surface area contributed by atoms with E-state index in [2.05, 4.69) is 21.7 Å². The normalized spacial score (nSPS) is 13.3. The maximum atomic E-state index is 14.4. The summed E-state index contributed by atoms with van der Waals surface area (Å²) in [7, 11) is 0. The Morgan fingerprint density at radius 3 is 2.27 bits per heavy atom. The molecule has 1 unspecified atom stereocenters. The van der Waals surface area contributed by atoms with Gasteiger partial charge in [0, 0.05) is 30.5 Å². The van der Waals surface area contributed by atoms with Gasteiger partial charge in [0.25, 0.3) is 5.56 Å². The topological polar surface area (TPSA) is 143 Å². The lowest BCUT2D eigenvalue weighted by atomic mass is 9.89. The zero-order valence-corrected chi connectivity index (χ0v) is 30.5. The molecule has 0 saturated carbocycles. The van der Waals surface area contributed by atoms with Crippen molar-refractivity contribution in [2.24, 2.45) is 0 Å². The van der Waals surface area contributed by atoms with E-state index in [4.69, 9.17) is 4.74 Å². The number of unbranched alkanes of at least 4 members (excludes halogenated alkanes) is 5. The number of hydrogen-bond donors (Lipinski definition) is 3. The zero-order valence-electron chi connectivity index (χ0n) is 30.5. The number of amides is 3. The average molecular weight is 700 g/mol. The van der Waals surface area contributed by atoms with Crippen LogP contribution in [0.4, 0.5) is 10.5 Å². The molecule has 1 aliphatic carbocycles. The second-order valence-electron chi connectivity index (χ2n) is 14.1. The minimum absolute atomic E-state index is 0.307. The van der Waals surface area contributed by atoms with Crippen LogP contribution >= 0.6 is 0 Å². The van der Waals surface area contributed by atoms with Gasteiger partial charge in [0.05, 0.1) is 0 Å². The Kier molecular flexibility index (Phi) is 14.4. The van der Waals surface area contributed by atoms with Crippen molar-refractivity contribution in [3.05, 3.63) is 104 Å². The van der Waals surface area contributed by atoms with Gasteiger partial charge < -0.3 is 15.4 Å². The maximum absolute atomic E-state index is 14.4. The molecule has 3 amide bonds. The van der Waals surface area contributed by atoms with Crippen LogP contribution in [0.25, 0.3) is 6.08 Å². The van der Waals surface area contributed by atoms with Gasteiger partial charge in [-0.25, -0.2) is 9.59 Å². The van der Waals surface area contributed by atoms with Crippen LogP contribution in [-0.4, -0.2) is 52.2 Å². The molecular weight excluding hydrogens is 646 g/mol. The summed E-state index contributed by atoms with van der Waals surface area (Å²) >= 11 is 0. The second-order valence-corrected chi connectivity index (χ2v) is 14.1. The number of fused-ring (bicyclic) bond motifs is 1. The van der Waals surface area contributed by atoms with E-state index < -0.39 is 34.9 Å². The summed E-state index contributed by atoms with van der Waals surface area (Å²) in [5, 5.41) is 5.86. The molecule has 0 saturated heterocycles. The number of H-pyrrole nitrogens is 1. The number of aromatic amines is 1. The van der Waals surface area contributed by atoms with Crippen molar-refractivity contribution < 1.29 is 19.1 Å². The Hall–Kier alpha value is -4.93. The molecule has 11 heteroatoms. The van der Waals surface area contributed by atoms with Crippen molar-refractivity contribution in [3.63, 3.8) is 0 Å². The second kappa shape index (κ2) is 18.9. The lowest BCUT2D eigenvalue weighted by Crippen LogP contribution is -2.51. The number of anilines is 1. The van der Waals surface area contributed by atoms with Crippen molar-refractivity contribution in [3.8, 4) is 0 Å². The van der Waals surface area contributed by atoms with Crippen molar-refractivity contribution in [2.45, 2.75) is 110 Å². The third kappa shape index (κ3) is 12.1. The third-order valence-corrected chi connectivity index (χ3v) is 8.78. The third-order valence-electron chi connectivity index (χ3n) is 8.78.